The van der Waals surface area contributed by atoms with Gasteiger partial charge in [0.15, 0.2) is 5.96 Å². The number of hydrogen-bond donors (Lipinski definition) is 14. The van der Waals surface area contributed by atoms with Gasteiger partial charge in [0.2, 0.25) is 47.3 Å². The maximum Gasteiger partial charge on any atom is 0.336 e. The SMILES string of the molecule is COc1ccc2c(CC(=O)N[C@@H](CCCCN)C(=O)N[C@@H](CCCCN)C(=O)N[C@@H](CCCN=C(N)N)C(=O)NCC(=O)NCC(Nc3ccc([N+](=O)[O-])cc3[N+](=O)[O-])C(=O)N[C@@H](C)C(=O)N[C@@H](CCCCN)C(N)=O)cc(=O)oc2c1. The van der Waals surface area contributed by atoms with Crippen molar-refractivity contribution in [2.45, 2.75) is 120 Å². The van der Waals surface area contributed by atoms with Crippen LogP contribution < -0.4 is 87.3 Å². The molecule has 0 bridgehead atoms. The van der Waals surface area contributed by atoms with Crippen molar-refractivity contribution in [3.05, 3.63) is 78.7 Å². The number of carbonyl (C=O) groups is 8. The number of aliphatic imine (C=N–C) groups is 1. The number of unbranched alkanes of at least 4 members (excludes halogenated alkanes) is 3. The number of non-ortho nitro benzene ring substituents is 1. The Kier molecular flexibility index (Phi) is 28.6. The zero-order chi connectivity index (χ0) is 60.9. The van der Waals surface area contributed by atoms with E-state index in [1.165, 1.54) is 20.1 Å². The standard InChI is InChI=1S/C50H75N17O15/c1-28(45(72)63-34(44(54)71)10-3-6-18-51)60-49(76)38(61-33-17-14-30(66(77)78)24-39(33)67(79)80)26-58-42(69)27-59-46(73)35(13-9-21-57-50(55)56)64-48(75)37(12-5-8-20-53)65-47(74)36(11-4-7-19-52)62-41(68)22-29-23-43(70)82-40-25-31(81-2)15-16-32(29)40/h14-17,23-25,28,34-38,61H,3-13,18-22,26-27,51-53H2,1-2H3,(H2,54,71)(H,58,69)(H,59,73)(H,60,76)(H,62,68)(H,63,72)(H,64,75)(H,65,74)(H4,55,56,57)/t28-,34-,35-,36-,37-,38?/m0/s1. The number of ether oxygens (including phenoxy) is 1. The molecule has 1 heterocycles. The van der Waals surface area contributed by atoms with Gasteiger partial charge < -0.3 is 86.1 Å². The van der Waals surface area contributed by atoms with Crippen LogP contribution in [0.4, 0.5) is 17.1 Å². The van der Waals surface area contributed by atoms with Gasteiger partial charge in [-0.1, -0.05) is 0 Å². The lowest BCUT2D eigenvalue weighted by Gasteiger charge is -2.26. The number of guanidine groups is 1. The Morgan fingerprint density at radius 2 is 1.20 bits per heavy atom. The second-order valence-electron chi connectivity index (χ2n) is 18.8. The van der Waals surface area contributed by atoms with E-state index in [0.717, 1.165) is 18.2 Å². The lowest BCUT2D eigenvalue weighted by Crippen LogP contribution is -2.57. The Hall–Kier alpha value is -9.04. The van der Waals surface area contributed by atoms with Crippen molar-refractivity contribution >= 4 is 81.2 Å². The molecule has 2 aromatic carbocycles. The highest BCUT2D eigenvalue weighted by molar-refractivity contribution is 5.97. The van der Waals surface area contributed by atoms with Gasteiger partial charge in [0.1, 0.15) is 53.3 Å². The Morgan fingerprint density at radius 3 is 1.76 bits per heavy atom. The molecule has 0 aliphatic carbocycles. The van der Waals surface area contributed by atoms with Crippen LogP contribution in [0.5, 0.6) is 5.75 Å². The summed E-state index contributed by atoms with van der Waals surface area (Å²) >= 11 is 0. The molecule has 0 spiro atoms. The predicted molar refractivity (Wildman–Crippen MR) is 299 cm³/mol. The number of nitrogens with two attached hydrogens (primary N) is 6. The summed E-state index contributed by atoms with van der Waals surface area (Å²) in [7, 11) is 1.44. The molecule has 20 N–H and O–H groups in total. The minimum absolute atomic E-state index is 0.00530. The summed E-state index contributed by atoms with van der Waals surface area (Å²) in [5.41, 5.74) is 31.3. The van der Waals surface area contributed by atoms with Crippen LogP contribution in [0.2, 0.25) is 0 Å². The number of rotatable bonds is 38. The van der Waals surface area contributed by atoms with Gasteiger partial charge in [0, 0.05) is 36.7 Å². The number of benzene rings is 2. The van der Waals surface area contributed by atoms with Crippen molar-refractivity contribution in [1.29, 1.82) is 0 Å². The van der Waals surface area contributed by atoms with E-state index in [1.807, 2.05) is 0 Å². The molecule has 32 heteroatoms. The summed E-state index contributed by atoms with van der Waals surface area (Å²) in [6.45, 7) is 0.623. The van der Waals surface area contributed by atoms with Gasteiger partial charge >= 0.3 is 5.63 Å². The maximum atomic E-state index is 14.2. The number of nitrogens with zero attached hydrogens (tertiary/aromatic N) is 3. The highest BCUT2D eigenvalue weighted by Crippen LogP contribution is 2.30. The van der Waals surface area contributed by atoms with E-state index in [9.17, 15) is 63.4 Å². The number of anilines is 1. The molecule has 0 saturated heterocycles. The van der Waals surface area contributed by atoms with E-state index in [4.69, 9.17) is 43.6 Å². The Bertz CT molecular complexity index is 2810. The van der Waals surface area contributed by atoms with Gasteiger partial charge in [-0.15, -0.1) is 0 Å². The molecule has 1 unspecified atom stereocenters. The number of primary amides is 1. The van der Waals surface area contributed by atoms with Crippen LogP contribution in [0.1, 0.15) is 83.1 Å². The summed E-state index contributed by atoms with van der Waals surface area (Å²) in [5, 5.41) is 44.1. The third kappa shape index (κ3) is 23.0. The highest BCUT2D eigenvalue weighted by atomic mass is 16.6. The Morgan fingerprint density at radius 1 is 0.634 bits per heavy atom. The van der Waals surface area contributed by atoms with Crippen molar-refractivity contribution in [1.82, 2.24) is 37.2 Å². The molecule has 6 atom stereocenters. The molecule has 0 radical (unpaired) electrons. The fourth-order valence-electron chi connectivity index (χ4n) is 8.07. The van der Waals surface area contributed by atoms with E-state index in [-0.39, 0.29) is 69.7 Å². The lowest BCUT2D eigenvalue weighted by molar-refractivity contribution is -0.393. The van der Waals surface area contributed by atoms with Crippen LogP contribution in [0, 0.1) is 20.2 Å². The minimum Gasteiger partial charge on any atom is -0.497 e. The van der Waals surface area contributed by atoms with Gasteiger partial charge in [-0.05, 0) is 121 Å². The van der Waals surface area contributed by atoms with E-state index in [0.29, 0.717) is 67.8 Å². The Labute approximate surface area is 470 Å². The predicted octanol–water partition coefficient (Wildman–Crippen LogP) is -2.76. The number of fused-ring (bicyclic) bond motifs is 1. The molecule has 0 saturated carbocycles. The zero-order valence-electron chi connectivity index (χ0n) is 45.7. The molecule has 0 fully saturated rings. The van der Waals surface area contributed by atoms with Gasteiger partial charge in [-0.25, -0.2) is 4.79 Å². The van der Waals surface area contributed by atoms with Crippen molar-refractivity contribution in [2.24, 2.45) is 39.4 Å². The van der Waals surface area contributed by atoms with Crippen LogP contribution >= 0.6 is 0 Å². The van der Waals surface area contributed by atoms with Crippen molar-refractivity contribution in [2.75, 3.05) is 51.7 Å². The van der Waals surface area contributed by atoms with Crippen LogP contribution in [-0.4, -0.2) is 146 Å². The fraction of sp³-hybridized carbons (Fsp3) is 0.520. The maximum absolute atomic E-state index is 14.2. The molecule has 0 aliphatic heterocycles. The number of nitro groups is 2. The van der Waals surface area contributed by atoms with Crippen molar-refractivity contribution < 1.29 is 57.4 Å². The summed E-state index contributed by atoms with van der Waals surface area (Å²) in [4.78, 5) is 146. The average Bonchev–Trinajstić information content (AvgIpc) is 3.60. The third-order valence-corrected chi connectivity index (χ3v) is 12.5. The second-order valence-corrected chi connectivity index (χ2v) is 18.8. The van der Waals surface area contributed by atoms with Gasteiger partial charge in [-0.3, -0.25) is 63.6 Å². The highest BCUT2D eigenvalue weighted by Gasteiger charge is 2.32. The van der Waals surface area contributed by atoms with Crippen LogP contribution in [0.15, 0.2) is 56.7 Å². The fourth-order valence-corrected chi connectivity index (χ4v) is 8.07. The van der Waals surface area contributed by atoms with Gasteiger partial charge in [-0.2, -0.15) is 0 Å². The third-order valence-electron chi connectivity index (χ3n) is 12.5. The number of hydrogen-bond acceptors (Lipinski definition) is 20. The molecule has 0 aliphatic rings. The van der Waals surface area contributed by atoms with Crippen LogP contribution in [0.25, 0.3) is 11.0 Å². The van der Waals surface area contributed by atoms with E-state index in [2.05, 4.69) is 47.5 Å². The summed E-state index contributed by atoms with van der Waals surface area (Å²) < 4.78 is 10.5. The van der Waals surface area contributed by atoms with E-state index < -0.39 is 129 Å². The molecule has 3 aromatic rings. The number of amides is 8. The topological polar surface area (TPSA) is 527 Å². The summed E-state index contributed by atoms with van der Waals surface area (Å²) in [6.07, 6.45) is 2.54. The van der Waals surface area contributed by atoms with E-state index in [1.54, 1.807) is 12.1 Å². The van der Waals surface area contributed by atoms with Crippen molar-refractivity contribution in [3.63, 3.8) is 0 Å². The number of methoxy groups -OCH3 is 1. The largest absolute Gasteiger partial charge is 0.497 e. The average molecular weight is 1150 g/mol. The first-order chi connectivity index (χ1) is 39.0. The minimum atomic E-state index is -1.65. The zero-order valence-corrected chi connectivity index (χ0v) is 45.7. The first-order valence-electron chi connectivity index (χ1n) is 26.3. The number of nitro benzene ring substituents is 2. The quantitative estimate of drug-likeness (QED) is 0.00690. The number of carbonyl (C=O) groups excluding carboxylic acids is 8. The number of nitrogens with one attached hydrogen (secondary N) is 8. The Balaban J connectivity index is 1.84. The van der Waals surface area contributed by atoms with Gasteiger partial charge in [0.25, 0.3) is 11.4 Å². The van der Waals surface area contributed by atoms with Gasteiger partial charge in [0.05, 0.1) is 36.0 Å². The summed E-state index contributed by atoms with van der Waals surface area (Å²) in [6, 6.07) is 0.384. The molecule has 450 valence electrons. The smallest absolute Gasteiger partial charge is 0.336 e. The second kappa shape index (κ2) is 34.9. The molecule has 1 aromatic heterocycles. The molecule has 32 nitrogen and oxygen atoms in total. The molecular formula is C50H75N17O15. The summed E-state index contributed by atoms with van der Waals surface area (Å²) in [5.74, 6) is -6.64. The first kappa shape index (κ1) is 67.2. The lowest BCUT2D eigenvalue weighted by atomic mass is 10.0. The first-order valence-corrected chi connectivity index (χ1v) is 26.3. The molecule has 82 heavy (non-hydrogen) atoms. The molecule has 3 rings (SSSR count). The van der Waals surface area contributed by atoms with E-state index >= 15 is 0 Å². The van der Waals surface area contributed by atoms with Crippen LogP contribution in [0.3, 0.4) is 0 Å². The normalized spacial score (nSPS) is 13.1. The monoisotopic (exact) mass is 1150 g/mol. The molecule has 8 amide bonds. The molecular weight excluding hydrogens is 1080 g/mol. The van der Waals surface area contributed by atoms with Crippen molar-refractivity contribution in [3.8, 4) is 5.75 Å². The van der Waals surface area contributed by atoms with Crippen LogP contribution in [-0.2, 0) is 44.8 Å².